The summed E-state index contributed by atoms with van der Waals surface area (Å²) in [6, 6.07) is 14.7. The Morgan fingerprint density at radius 3 is 2.65 bits per heavy atom. The summed E-state index contributed by atoms with van der Waals surface area (Å²) in [6.07, 6.45) is 2.34. The lowest BCUT2D eigenvalue weighted by Crippen LogP contribution is -2.25. The molecule has 0 atom stereocenters. The molecule has 2 N–H and O–H groups in total. The van der Waals surface area contributed by atoms with Gasteiger partial charge in [0.25, 0.3) is 5.91 Å². The zero-order valence-corrected chi connectivity index (χ0v) is 21.2. The fraction of sp³-hybridized carbons (Fsp3) is 0.214. The van der Waals surface area contributed by atoms with E-state index in [1.165, 1.54) is 6.08 Å². The molecule has 0 bridgehead atoms. The molecular weight excluding hydrogens is 471 g/mol. The van der Waals surface area contributed by atoms with Gasteiger partial charge in [0.1, 0.15) is 11.4 Å². The molecule has 4 rings (SSSR count). The summed E-state index contributed by atoms with van der Waals surface area (Å²) in [5.74, 6) is -0.680. The van der Waals surface area contributed by atoms with Crippen molar-refractivity contribution >= 4 is 34.4 Å². The van der Waals surface area contributed by atoms with Crippen LogP contribution in [0.2, 0.25) is 0 Å². The average Bonchev–Trinajstić information content (AvgIpc) is 3.26. The lowest BCUT2D eigenvalue weighted by molar-refractivity contribution is -0.111. The van der Waals surface area contributed by atoms with Crippen LogP contribution in [-0.4, -0.2) is 45.3 Å². The fourth-order valence-electron chi connectivity index (χ4n) is 4.11. The van der Waals surface area contributed by atoms with Gasteiger partial charge in [-0.05, 0) is 49.8 Å². The summed E-state index contributed by atoms with van der Waals surface area (Å²) in [4.78, 5) is 34.4. The van der Waals surface area contributed by atoms with Crippen LogP contribution < -0.4 is 10.6 Å². The molecule has 4 aromatic rings. The van der Waals surface area contributed by atoms with Crippen molar-refractivity contribution in [1.29, 1.82) is 0 Å². The minimum atomic E-state index is -0.550. The summed E-state index contributed by atoms with van der Waals surface area (Å²) in [6.45, 7) is 7.83. The predicted octanol–water partition coefficient (Wildman–Crippen LogP) is 5.26. The number of benzene rings is 2. The number of carbonyl (C=O) groups excluding carboxylic acids is 2. The molecule has 2 amide bonds. The molecule has 37 heavy (non-hydrogen) atoms. The van der Waals surface area contributed by atoms with Crippen molar-refractivity contribution in [2.24, 2.45) is 0 Å². The first-order chi connectivity index (χ1) is 17.7. The van der Waals surface area contributed by atoms with Crippen molar-refractivity contribution in [3.8, 4) is 11.3 Å². The zero-order chi connectivity index (χ0) is 26.7. The Bertz CT molecular complexity index is 1490. The molecule has 8 nitrogen and oxygen atoms in total. The van der Waals surface area contributed by atoms with Gasteiger partial charge in [-0.3, -0.25) is 9.59 Å². The van der Waals surface area contributed by atoms with Gasteiger partial charge in [-0.2, -0.15) is 0 Å². The van der Waals surface area contributed by atoms with Crippen molar-refractivity contribution in [2.75, 3.05) is 24.7 Å². The molecular formula is C28H29FN6O2. The van der Waals surface area contributed by atoms with Gasteiger partial charge in [-0.1, -0.05) is 30.8 Å². The van der Waals surface area contributed by atoms with Crippen LogP contribution in [0.4, 0.5) is 16.0 Å². The molecule has 0 fully saturated rings. The molecule has 0 radical (unpaired) electrons. The minimum absolute atomic E-state index is 0.0196. The number of nitrogens with one attached hydrogen (secondary N) is 2. The average molecular weight is 501 g/mol. The van der Waals surface area contributed by atoms with E-state index in [1.54, 1.807) is 31.1 Å². The van der Waals surface area contributed by atoms with Crippen molar-refractivity contribution in [1.82, 2.24) is 19.4 Å². The van der Waals surface area contributed by atoms with Crippen molar-refractivity contribution in [3.05, 3.63) is 84.5 Å². The van der Waals surface area contributed by atoms with Crippen LogP contribution in [0.25, 0.3) is 22.2 Å². The number of halogens is 1. The Morgan fingerprint density at radius 2 is 1.95 bits per heavy atom. The Balaban J connectivity index is 1.63. The van der Waals surface area contributed by atoms with Crippen LogP contribution in [0, 0.1) is 5.82 Å². The highest BCUT2D eigenvalue weighted by molar-refractivity contribution is 6.00. The summed E-state index contributed by atoms with van der Waals surface area (Å²) in [7, 11) is 3.43. The standard InChI is InChI=1S/C28H29FN6O2/c1-6-25(36)32-21-9-7-8-18(12-21)15-30-28-31-16-22(29)26(33-28)20-11-10-19-13-24(27(37)34(4)5)35(17(2)3)23(19)14-20/h6-14,16-17H,1,15H2,2-5H3,(H,32,36)(H,30,31,33). The SMILES string of the molecule is C=CC(=O)Nc1cccc(CNc2ncc(F)c(-c3ccc4cc(C(=O)N(C)C)n(C(C)C)c4c3)n2)c1. The summed E-state index contributed by atoms with van der Waals surface area (Å²) >= 11 is 0. The molecule has 0 unspecified atom stereocenters. The summed E-state index contributed by atoms with van der Waals surface area (Å²) < 4.78 is 16.8. The molecule has 2 aromatic carbocycles. The minimum Gasteiger partial charge on any atom is -0.350 e. The number of rotatable bonds is 8. The first-order valence-electron chi connectivity index (χ1n) is 11.8. The maximum absolute atomic E-state index is 14.9. The van der Waals surface area contributed by atoms with E-state index in [0.29, 0.717) is 23.5 Å². The Hall–Kier alpha value is -4.53. The van der Waals surface area contributed by atoms with Gasteiger partial charge in [0.05, 0.1) is 6.20 Å². The maximum Gasteiger partial charge on any atom is 0.270 e. The summed E-state index contributed by atoms with van der Waals surface area (Å²) in [5.41, 5.74) is 3.65. The first-order valence-corrected chi connectivity index (χ1v) is 11.8. The quantitative estimate of drug-likeness (QED) is 0.322. The van der Waals surface area contributed by atoms with E-state index in [1.807, 2.05) is 54.8 Å². The number of aromatic nitrogens is 3. The van der Waals surface area contributed by atoms with E-state index in [9.17, 15) is 14.0 Å². The second kappa shape index (κ2) is 10.6. The molecule has 0 spiro atoms. The van der Waals surface area contributed by atoms with Gasteiger partial charge in [-0.25, -0.2) is 14.4 Å². The topological polar surface area (TPSA) is 92.1 Å². The fourth-order valence-corrected chi connectivity index (χ4v) is 4.11. The molecule has 2 heterocycles. The van der Waals surface area contributed by atoms with Crippen LogP contribution in [0.1, 0.15) is 35.9 Å². The monoisotopic (exact) mass is 500 g/mol. The molecule has 0 saturated heterocycles. The van der Waals surface area contributed by atoms with Crippen LogP contribution in [0.5, 0.6) is 0 Å². The van der Waals surface area contributed by atoms with E-state index in [4.69, 9.17) is 0 Å². The van der Waals surface area contributed by atoms with Crippen LogP contribution >= 0.6 is 0 Å². The molecule has 190 valence electrons. The Labute approximate surface area is 214 Å². The Kier molecular flexibility index (Phi) is 7.33. The second-order valence-electron chi connectivity index (χ2n) is 9.10. The van der Waals surface area contributed by atoms with Crippen LogP contribution in [0.3, 0.4) is 0 Å². The second-order valence-corrected chi connectivity index (χ2v) is 9.10. The van der Waals surface area contributed by atoms with E-state index >= 15 is 0 Å². The number of hydrogen-bond donors (Lipinski definition) is 2. The smallest absolute Gasteiger partial charge is 0.270 e. The van der Waals surface area contributed by atoms with E-state index in [0.717, 1.165) is 22.7 Å². The van der Waals surface area contributed by atoms with E-state index in [-0.39, 0.29) is 29.5 Å². The van der Waals surface area contributed by atoms with Gasteiger partial charge >= 0.3 is 0 Å². The number of fused-ring (bicyclic) bond motifs is 1. The number of carbonyl (C=O) groups is 2. The maximum atomic E-state index is 14.9. The van der Waals surface area contributed by atoms with Crippen LogP contribution in [0.15, 0.2) is 67.4 Å². The van der Waals surface area contributed by atoms with E-state index < -0.39 is 5.82 Å². The molecule has 0 aliphatic carbocycles. The number of nitrogens with zero attached hydrogens (tertiary/aromatic N) is 4. The number of anilines is 2. The highest BCUT2D eigenvalue weighted by Crippen LogP contribution is 2.30. The molecule has 9 heteroatoms. The number of hydrogen-bond acceptors (Lipinski definition) is 5. The third kappa shape index (κ3) is 5.50. The summed E-state index contributed by atoms with van der Waals surface area (Å²) in [5, 5.41) is 6.72. The van der Waals surface area contributed by atoms with Gasteiger partial charge in [0, 0.05) is 48.8 Å². The van der Waals surface area contributed by atoms with Crippen molar-refractivity contribution < 1.29 is 14.0 Å². The van der Waals surface area contributed by atoms with Gasteiger partial charge in [0.15, 0.2) is 5.82 Å². The third-order valence-corrected chi connectivity index (χ3v) is 5.83. The lowest BCUT2D eigenvalue weighted by Gasteiger charge is -2.17. The van der Waals surface area contributed by atoms with Gasteiger partial charge in [0.2, 0.25) is 11.9 Å². The molecule has 0 aliphatic heterocycles. The van der Waals surface area contributed by atoms with Crippen molar-refractivity contribution in [3.63, 3.8) is 0 Å². The predicted molar refractivity (Wildman–Crippen MR) is 144 cm³/mol. The normalized spacial score (nSPS) is 11.0. The van der Waals surface area contributed by atoms with Crippen molar-refractivity contribution in [2.45, 2.75) is 26.4 Å². The highest BCUT2D eigenvalue weighted by atomic mass is 19.1. The van der Waals surface area contributed by atoms with Gasteiger partial charge < -0.3 is 20.1 Å². The highest BCUT2D eigenvalue weighted by Gasteiger charge is 2.20. The number of amides is 2. The molecule has 0 aliphatic rings. The van der Waals surface area contributed by atoms with Crippen LogP contribution in [-0.2, 0) is 11.3 Å². The zero-order valence-electron chi connectivity index (χ0n) is 21.2. The van der Waals surface area contributed by atoms with E-state index in [2.05, 4.69) is 27.2 Å². The molecule has 2 aromatic heterocycles. The first kappa shape index (κ1) is 25.6. The lowest BCUT2D eigenvalue weighted by atomic mass is 10.1. The Morgan fingerprint density at radius 1 is 1.16 bits per heavy atom. The molecule has 0 saturated carbocycles. The largest absolute Gasteiger partial charge is 0.350 e. The third-order valence-electron chi connectivity index (χ3n) is 5.83. The van der Waals surface area contributed by atoms with Gasteiger partial charge in [-0.15, -0.1) is 0 Å².